The number of anilines is 1. The second-order valence-corrected chi connectivity index (χ2v) is 8.63. The Morgan fingerprint density at radius 3 is 2.70 bits per heavy atom. The zero-order chi connectivity index (χ0) is 19.4. The molecule has 7 heteroatoms. The number of carbonyl (C=O) groups excluding carboxylic acids is 2. The molecule has 0 saturated heterocycles. The van der Waals surface area contributed by atoms with Gasteiger partial charge >= 0.3 is 0 Å². The van der Waals surface area contributed by atoms with E-state index in [0.29, 0.717) is 17.6 Å². The third-order valence-corrected chi connectivity index (χ3v) is 5.90. The maximum absolute atomic E-state index is 12.8. The monoisotopic (exact) mass is 399 g/mol. The molecule has 140 valence electrons. The van der Waals surface area contributed by atoms with Crippen LogP contribution in [0.15, 0.2) is 42.7 Å². The summed E-state index contributed by atoms with van der Waals surface area (Å²) in [6.45, 7) is 6.11. The third-order valence-electron chi connectivity index (χ3n) is 4.06. The van der Waals surface area contributed by atoms with E-state index < -0.39 is 0 Å². The molecule has 0 radical (unpaired) electrons. The van der Waals surface area contributed by atoms with Gasteiger partial charge in [0.05, 0.1) is 22.5 Å². The lowest BCUT2D eigenvalue weighted by atomic mass is 10.0. The Labute approximate surface area is 166 Å². The van der Waals surface area contributed by atoms with Gasteiger partial charge in [0.25, 0.3) is 0 Å². The molecule has 1 aromatic carbocycles. The minimum Gasteiger partial charge on any atom is -0.288 e. The van der Waals surface area contributed by atoms with E-state index in [2.05, 4.69) is 24.9 Å². The Morgan fingerprint density at radius 1 is 1.22 bits per heavy atom. The minimum atomic E-state index is -0.135. The molecule has 0 spiro atoms. The molecule has 0 atom stereocenters. The second kappa shape index (κ2) is 8.63. The first kappa shape index (κ1) is 19.5. The molecule has 27 heavy (non-hydrogen) atoms. The molecule has 5 nitrogen and oxygen atoms in total. The summed E-state index contributed by atoms with van der Waals surface area (Å²) in [5.41, 5.74) is 3.03. The van der Waals surface area contributed by atoms with Gasteiger partial charge in [-0.15, -0.1) is 0 Å². The summed E-state index contributed by atoms with van der Waals surface area (Å²) >= 11 is 2.52. The van der Waals surface area contributed by atoms with Gasteiger partial charge in [-0.3, -0.25) is 19.5 Å². The van der Waals surface area contributed by atoms with Gasteiger partial charge in [0.15, 0.2) is 10.2 Å². The first-order chi connectivity index (χ1) is 13.0. The fourth-order valence-electron chi connectivity index (χ4n) is 2.72. The number of thiazole rings is 1. The van der Waals surface area contributed by atoms with Crippen molar-refractivity contribution in [3.05, 3.63) is 53.9 Å². The molecule has 0 fully saturated rings. The number of benzene rings is 1. The molecule has 0 aliphatic rings. The fraction of sp³-hybridized carbons (Fsp3) is 0.300. The molecule has 2 heterocycles. The molecule has 0 N–H and O–H groups in total. The smallest absolute Gasteiger partial charge is 0.239 e. The molecule has 3 aromatic rings. The summed E-state index contributed by atoms with van der Waals surface area (Å²) in [5, 5.41) is 0.576. The highest BCUT2D eigenvalue weighted by Crippen LogP contribution is 2.34. The lowest BCUT2D eigenvalue weighted by Crippen LogP contribution is -2.32. The van der Waals surface area contributed by atoms with Crippen molar-refractivity contribution in [2.45, 2.75) is 33.2 Å². The number of rotatable bonds is 6. The van der Waals surface area contributed by atoms with Gasteiger partial charge in [-0.25, -0.2) is 4.98 Å². The molecule has 0 saturated carbocycles. The van der Waals surface area contributed by atoms with E-state index in [0.717, 1.165) is 27.5 Å². The molecule has 2 aromatic heterocycles. The van der Waals surface area contributed by atoms with Crippen molar-refractivity contribution in [3.8, 4) is 0 Å². The topological polar surface area (TPSA) is 63.2 Å². The SMILES string of the molecule is CC(=O)SCC(=O)N(Cc1cccnc1)c1nc2c(C(C)C)cccc2s1. The zero-order valence-electron chi connectivity index (χ0n) is 15.5. The number of fused-ring (bicyclic) bond motifs is 1. The number of hydrogen-bond acceptors (Lipinski definition) is 6. The van der Waals surface area contributed by atoms with Crippen molar-refractivity contribution in [2.24, 2.45) is 0 Å². The van der Waals surface area contributed by atoms with Crippen LogP contribution in [0.4, 0.5) is 5.13 Å². The van der Waals surface area contributed by atoms with Crippen molar-refractivity contribution in [2.75, 3.05) is 10.7 Å². The number of aromatic nitrogens is 2. The summed E-state index contributed by atoms with van der Waals surface area (Å²) in [5.74, 6) is 0.311. The molecule has 1 amide bonds. The largest absolute Gasteiger partial charge is 0.288 e. The van der Waals surface area contributed by atoms with Crippen LogP contribution >= 0.6 is 23.1 Å². The van der Waals surface area contributed by atoms with E-state index in [9.17, 15) is 9.59 Å². The summed E-state index contributed by atoms with van der Waals surface area (Å²) in [4.78, 5) is 34.7. The normalized spacial score (nSPS) is 11.1. The highest BCUT2D eigenvalue weighted by Gasteiger charge is 2.22. The van der Waals surface area contributed by atoms with E-state index in [1.165, 1.54) is 23.8 Å². The summed E-state index contributed by atoms with van der Waals surface area (Å²) in [7, 11) is 0. The zero-order valence-corrected chi connectivity index (χ0v) is 17.1. The standard InChI is InChI=1S/C20H21N3O2S2/c1-13(2)16-7-4-8-17-19(16)22-20(27-17)23(18(25)12-26-14(3)24)11-15-6-5-9-21-10-15/h4-10,13H,11-12H2,1-3H3. The fourth-order valence-corrected chi connectivity index (χ4v) is 4.22. The van der Waals surface area contributed by atoms with Gasteiger partial charge in [-0.1, -0.05) is 55.1 Å². The van der Waals surface area contributed by atoms with Crippen molar-refractivity contribution in [1.29, 1.82) is 0 Å². The van der Waals surface area contributed by atoms with Crippen LogP contribution in [-0.4, -0.2) is 26.7 Å². The number of carbonyl (C=O) groups is 2. The Kier molecular flexibility index (Phi) is 6.23. The van der Waals surface area contributed by atoms with Gasteiger partial charge in [-0.05, 0) is 29.2 Å². The third kappa shape index (κ3) is 4.73. The average Bonchev–Trinajstić information content (AvgIpc) is 3.08. The number of para-hydroxylation sites is 1. The molecular weight excluding hydrogens is 378 g/mol. The van der Waals surface area contributed by atoms with Crippen LogP contribution in [0.2, 0.25) is 0 Å². The Balaban J connectivity index is 1.98. The lowest BCUT2D eigenvalue weighted by Gasteiger charge is -2.19. The van der Waals surface area contributed by atoms with E-state index >= 15 is 0 Å². The molecule has 0 bridgehead atoms. The van der Waals surface area contributed by atoms with Crippen molar-refractivity contribution >= 4 is 49.5 Å². The van der Waals surface area contributed by atoms with E-state index in [4.69, 9.17) is 4.98 Å². The predicted molar refractivity (Wildman–Crippen MR) is 112 cm³/mol. The number of nitrogens with zero attached hydrogens (tertiary/aromatic N) is 3. The molecule has 3 rings (SSSR count). The van der Waals surface area contributed by atoms with Gasteiger partial charge < -0.3 is 0 Å². The number of hydrogen-bond donors (Lipinski definition) is 0. The molecule has 0 aliphatic heterocycles. The highest BCUT2D eigenvalue weighted by atomic mass is 32.2. The van der Waals surface area contributed by atoms with Crippen LogP contribution < -0.4 is 4.90 Å². The maximum Gasteiger partial charge on any atom is 0.239 e. The number of amides is 1. The summed E-state index contributed by atoms with van der Waals surface area (Å²) in [6.07, 6.45) is 3.44. The number of pyridine rings is 1. The average molecular weight is 400 g/mol. The highest BCUT2D eigenvalue weighted by molar-refractivity contribution is 8.14. The van der Waals surface area contributed by atoms with Crippen molar-refractivity contribution in [1.82, 2.24) is 9.97 Å². The van der Waals surface area contributed by atoms with Gasteiger partial charge in [0, 0.05) is 19.3 Å². The quantitative estimate of drug-likeness (QED) is 0.605. The van der Waals surface area contributed by atoms with Crippen molar-refractivity contribution < 1.29 is 9.59 Å². The van der Waals surface area contributed by atoms with Crippen molar-refractivity contribution in [3.63, 3.8) is 0 Å². The van der Waals surface area contributed by atoms with Crippen LogP contribution in [0.3, 0.4) is 0 Å². The molecule has 0 aliphatic carbocycles. The lowest BCUT2D eigenvalue weighted by molar-refractivity contribution is -0.116. The first-order valence-corrected chi connectivity index (χ1v) is 10.5. The predicted octanol–water partition coefficient (Wildman–Crippen LogP) is 4.63. The molecule has 0 unspecified atom stereocenters. The minimum absolute atomic E-state index is 0.0731. The van der Waals surface area contributed by atoms with Crippen LogP contribution in [-0.2, 0) is 16.1 Å². The Morgan fingerprint density at radius 2 is 2.04 bits per heavy atom. The Bertz CT molecular complexity index is 954. The van der Waals surface area contributed by atoms with E-state index in [1.54, 1.807) is 17.3 Å². The van der Waals surface area contributed by atoms with Crippen LogP contribution in [0, 0.1) is 0 Å². The van der Waals surface area contributed by atoms with Gasteiger partial charge in [-0.2, -0.15) is 0 Å². The first-order valence-electron chi connectivity index (χ1n) is 8.67. The van der Waals surface area contributed by atoms with E-state index in [1.807, 2.05) is 24.3 Å². The number of thioether (sulfide) groups is 1. The van der Waals surface area contributed by atoms with Gasteiger partial charge in [0.1, 0.15) is 0 Å². The van der Waals surface area contributed by atoms with Crippen LogP contribution in [0.1, 0.15) is 37.8 Å². The van der Waals surface area contributed by atoms with Gasteiger partial charge in [0.2, 0.25) is 5.91 Å². The van der Waals surface area contributed by atoms with Crippen LogP contribution in [0.25, 0.3) is 10.2 Å². The summed E-state index contributed by atoms with van der Waals surface area (Å²) in [6, 6.07) is 9.91. The maximum atomic E-state index is 12.8. The Hall–Kier alpha value is -2.25. The van der Waals surface area contributed by atoms with Crippen LogP contribution in [0.5, 0.6) is 0 Å². The summed E-state index contributed by atoms with van der Waals surface area (Å²) < 4.78 is 1.06. The second-order valence-electron chi connectivity index (χ2n) is 6.47. The van der Waals surface area contributed by atoms with E-state index in [-0.39, 0.29) is 16.8 Å². The molecular formula is C20H21N3O2S2.